The molecule has 1 aliphatic rings. The molecule has 56 heavy (non-hydrogen) atoms. The second-order valence-electron chi connectivity index (χ2n) is 14.5. The molecule has 4 N–H and O–H groups in total. The highest BCUT2D eigenvalue weighted by Crippen LogP contribution is 2.39. The predicted molar refractivity (Wildman–Crippen MR) is 217 cm³/mol. The van der Waals surface area contributed by atoms with Crippen LogP contribution >= 0.6 is 0 Å². The van der Waals surface area contributed by atoms with Crippen LogP contribution in [-0.2, 0) is 45.3 Å². The van der Waals surface area contributed by atoms with Crippen molar-refractivity contribution in [3.05, 3.63) is 167 Å². The Morgan fingerprint density at radius 1 is 0.625 bits per heavy atom. The van der Waals surface area contributed by atoms with Gasteiger partial charge in [0.15, 0.2) is 6.29 Å². The lowest BCUT2D eigenvalue weighted by Gasteiger charge is -2.38. The highest BCUT2D eigenvalue weighted by molar-refractivity contribution is 5.76. The first-order valence-corrected chi connectivity index (χ1v) is 19.7. The van der Waals surface area contributed by atoms with Gasteiger partial charge < -0.3 is 19.9 Å². The molecule has 1 saturated heterocycles. The Hall–Kier alpha value is -5.16. The fourth-order valence-electron chi connectivity index (χ4n) is 7.18. The molecule has 292 valence electrons. The van der Waals surface area contributed by atoms with Gasteiger partial charge in [-0.25, -0.2) is 5.48 Å². The number of unbranched alkanes of at least 4 members (excludes halogenated alkanes) is 3. The van der Waals surface area contributed by atoms with E-state index in [1.165, 1.54) is 11.1 Å². The van der Waals surface area contributed by atoms with Gasteiger partial charge in [0.05, 0.1) is 18.8 Å². The minimum atomic E-state index is -0.596. The van der Waals surface area contributed by atoms with Gasteiger partial charge in [-0.1, -0.05) is 134 Å². The van der Waals surface area contributed by atoms with Crippen LogP contribution in [-0.4, -0.2) is 39.7 Å². The first-order valence-electron chi connectivity index (χ1n) is 19.7. The molecule has 0 radical (unpaired) electrons. The van der Waals surface area contributed by atoms with Gasteiger partial charge in [0, 0.05) is 51.0 Å². The second kappa shape index (κ2) is 21.2. The number of ether oxygens (including phenoxy) is 2. The molecule has 0 spiro atoms. The minimum absolute atomic E-state index is 0.00157. The van der Waals surface area contributed by atoms with Crippen LogP contribution in [0.5, 0.6) is 0 Å². The Morgan fingerprint density at radius 3 is 1.88 bits per heavy atom. The zero-order chi connectivity index (χ0) is 39.0. The van der Waals surface area contributed by atoms with Crippen LogP contribution in [0.3, 0.4) is 0 Å². The van der Waals surface area contributed by atoms with E-state index in [2.05, 4.69) is 89.1 Å². The van der Waals surface area contributed by atoms with E-state index >= 15 is 0 Å². The molecule has 0 bridgehead atoms. The topological polar surface area (TPSA) is 120 Å². The first kappa shape index (κ1) is 40.5. The van der Waals surface area contributed by atoms with Crippen molar-refractivity contribution in [3.8, 4) is 11.1 Å². The van der Waals surface area contributed by atoms with Crippen LogP contribution in [0.15, 0.2) is 133 Å². The minimum Gasteiger partial charge on any atom is -0.392 e. The van der Waals surface area contributed by atoms with Gasteiger partial charge >= 0.3 is 0 Å². The maximum absolute atomic E-state index is 12.6. The summed E-state index contributed by atoms with van der Waals surface area (Å²) in [6.07, 6.45) is 3.60. The van der Waals surface area contributed by atoms with E-state index in [9.17, 15) is 14.7 Å². The molecule has 1 heterocycles. The van der Waals surface area contributed by atoms with E-state index in [1.807, 2.05) is 54.6 Å². The average molecular weight is 756 g/mol. The summed E-state index contributed by atoms with van der Waals surface area (Å²) in [7, 11) is 0. The Bertz CT molecular complexity index is 1910. The standard InChI is InChI=1S/C47H53N3O6/c51-34-37-23-25-39(26-24-37)44-29-43(33-50(31-35-13-5-3-6-14-35)32-36-15-7-4-8-16-36)55-47(56-44)42-20-12-19-41(28-42)40-18-11-17-38(27-40)30-48-45(52)21-9-1-2-10-22-46(53)49-54/h3-8,11-20,23-28,43-44,47,51,54H,1-2,9-10,21-22,29-34H2,(H,48,52)(H,49,53)/t43-,44+,47+/m1/s1. The van der Waals surface area contributed by atoms with Gasteiger partial charge in [-0.05, 0) is 63.9 Å². The molecule has 9 nitrogen and oxygen atoms in total. The molecule has 1 aliphatic heterocycles. The smallest absolute Gasteiger partial charge is 0.243 e. The Kier molecular flexibility index (Phi) is 15.4. The monoisotopic (exact) mass is 755 g/mol. The van der Waals surface area contributed by atoms with Gasteiger partial charge in [0.2, 0.25) is 11.8 Å². The first-order chi connectivity index (χ1) is 27.4. The zero-order valence-electron chi connectivity index (χ0n) is 31.9. The maximum Gasteiger partial charge on any atom is 0.243 e. The van der Waals surface area contributed by atoms with Crippen molar-refractivity contribution in [3.63, 3.8) is 0 Å². The molecule has 0 unspecified atom stereocenters. The van der Waals surface area contributed by atoms with Crippen molar-refractivity contribution < 1.29 is 29.4 Å². The maximum atomic E-state index is 12.6. The molecule has 2 amide bonds. The van der Waals surface area contributed by atoms with E-state index in [0.29, 0.717) is 32.4 Å². The van der Waals surface area contributed by atoms with Crippen LogP contribution in [0.2, 0.25) is 0 Å². The quantitative estimate of drug-likeness (QED) is 0.0379. The fraction of sp³-hybridized carbons (Fsp3) is 0.319. The normalized spacial score (nSPS) is 16.7. The second-order valence-corrected chi connectivity index (χ2v) is 14.5. The van der Waals surface area contributed by atoms with Crippen molar-refractivity contribution in [1.82, 2.24) is 15.7 Å². The average Bonchev–Trinajstić information content (AvgIpc) is 3.24. The number of carbonyl (C=O) groups excluding carboxylic acids is 2. The third kappa shape index (κ3) is 12.4. The fourth-order valence-corrected chi connectivity index (χ4v) is 7.18. The molecule has 0 aromatic heterocycles. The van der Waals surface area contributed by atoms with Crippen molar-refractivity contribution >= 4 is 11.8 Å². The number of hydrogen-bond donors (Lipinski definition) is 4. The number of nitrogens with zero attached hydrogens (tertiary/aromatic N) is 1. The van der Waals surface area contributed by atoms with E-state index in [4.69, 9.17) is 14.7 Å². The third-order valence-electron chi connectivity index (χ3n) is 10.2. The predicted octanol–water partition coefficient (Wildman–Crippen LogP) is 8.56. The largest absolute Gasteiger partial charge is 0.392 e. The van der Waals surface area contributed by atoms with Crippen LogP contribution in [0, 0.1) is 0 Å². The Balaban J connectivity index is 1.15. The Morgan fingerprint density at radius 2 is 1.23 bits per heavy atom. The molecular weight excluding hydrogens is 703 g/mol. The SMILES string of the molecule is O=C(CCCCCCC(=O)NCc1cccc(-c2cccc([C@H]3O[C@@H](CN(Cc4ccccc4)Cc4ccccc4)C[C@@H](c4ccc(CO)cc4)O3)c2)c1)NO. The zero-order valence-corrected chi connectivity index (χ0v) is 31.9. The lowest BCUT2D eigenvalue weighted by Crippen LogP contribution is -2.39. The molecule has 0 aliphatic carbocycles. The number of hydrogen-bond acceptors (Lipinski definition) is 7. The van der Waals surface area contributed by atoms with E-state index < -0.39 is 6.29 Å². The number of hydroxylamine groups is 1. The summed E-state index contributed by atoms with van der Waals surface area (Å²) in [5.41, 5.74) is 10.0. The van der Waals surface area contributed by atoms with Crippen LogP contribution < -0.4 is 10.8 Å². The highest BCUT2D eigenvalue weighted by atomic mass is 16.7. The summed E-state index contributed by atoms with van der Waals surface area (Å²) in [5, 5.41) is 21.3. The molecule has 9 heteroatoms. The van der Waals surface area contributed by atoms with Gasteiger partial charge in [-0.3, -0.25) is 19.7 Å². The molecule has 5 aromatic carbocycles. The van der Waals surface area contributed by atoms with Gasteiger partial charge in [0.1, 0.15) is 0 Å². The Labute approximate surface area is 330 Å². The molecule has 0 saturated carbocycles. The van der Waals surface area contributed by atoms with Crippen LogP contribution in [0.1, 0.15) is 90.7 Å². The van der Waals surface area contributed by atoms with E-state index in [-0.39, 0.29) is 37.0 Å². The van der Waals surface area contributed by atoms with Gasteiger partial charge in [-0.15, -0.1) is 0 Å². The lowest BCUT2D eigenvalue weighted by atomic mass is 9.98. The van der Waals surface area contributed by atoms with Gasteiger partial charge in [-0.2, -0.15) is 0 Å². The summed E-state index contributed by atoms with van der Waals surface area (Å²) >= 11 is 0. The number of amides is 2. The number of rotatable bonds is 19. The van der Waals surface area contributed by atoms with Crippen LogP contribution in [0.4, 0.5) is 0 Å². The van der Waals surface area contributed by atoms with Gasteiger partial charge in [0.25, 0.3) is 0 Å². The molecular formula is C47H53N3O6. The third-order valence-corrected chi connectivity index (χ3v) is 10.2. The highest BCUT2D eigenvalue weighted by Gasteiger charge is 2.33. The van der Waals surface area contributed by atoms with E-state index in [0.717, 1.165) is 65.7 Å². The summed E-state index contributed by atoms with van der Waals surface area (Å²) < 4.78 is 13.6. The lowest BCUT2D eigenvalue weighted by molar-refractivity contribution is -0.253. The summed E-state index contributed by atoms with van der Waals surface area (Å²) in [6, 6.07) is 45.6. The number of aliphatic hydroxyl groups excluding tert-OH is 1. The van der Waals surface area contributed by atoms with Crippen molar-refractivity contribution in [1.29, 1.82) is 0 Å². The van der Waals surface area contributed by atoms with Crippen molar-refractivity contribution in [2.75, 3.05) is 6.54 Å². The molecule has 6 rings (SSSR count). The molecule has 1 fully saturated rings. The summed E-state index contributed by atoms with van der Waals surface area (Å²) in [6.45, 7) is 2.71. The van der Waals surface area contributed by atoms with Crippen molar-refractivity contribution in [2.24, 2.45) is 0 Å². The van der Waals surface area contributed by atoms with Crippen LogP contribution in [0.25, 0.3) is 11.1 Å². The van der Waals surface area contributed by atoms with E-state index in [1.54, 1.807) is 5.48 Å². The number of carbonyl (C=O) groups is 2. The molecule has 5 aromatic rings. The summed E-state index contributed by atoms with van der Waals surface area (Å²) in [4.78, 5) is 26.2. The number of aliphatic hydroxyl groups is 1. The number of benzene rings is 5. The number of nitrogens with one attached hydrogen (secondary N) is 2. The molecule has 3 atom stereocenters. The summed E-state index contributed by atoms with van der Waals surface area (Å²) in [5.74, 6) is -0.383. The van der Waals surface area contributed by atoms with Crippen molar-refractivity contribution in [2.45, 2.75) is 89.7 Å².